The summed E-state index contributed by atoms with van der Waals surface area (Å²) in [4.78, 5) is 14.6. The third-order valence-corrected chi connectivity index (χ3v) is 6.62. The zero-order valence-electron chi connectivity index (χ0n) is 19.1. The van der Waals surface area contributed by atoms with E-state index >= 15 is 0 Å². The molecule has 0 spiro atoms. The zero-order valence-corrected chi connectivity index (χ0v) is 19.8. The van der Waals surface area contributed by atoms with E-state index in [0.717, 1.165) is 34.6 Å². The maximum absolute atomic E-state index is 13.4. The van der Waals surface area contributed by atoms with Gasteiger partial charge in [-0.1, -0.05) is 29.8 Å². The quantitative estimate of drug-likeness (QED) is 0.443. The van der Waals surface area contributed by atoms with E-state index in [4.69, 9.17) is 11.6 Å². The maximum Gasteiger partial charge on any atom is 0.417 e. The Labute approximate surface area is 205 Å². The highest BCUT2D eigenvalue weighted by molar-refractivity contribution is 6.33. The first kappa shape index (κ1) is 24.9. The van der Waals surface area contributed by atoms with E-state index in [1.54, 1.807) is 6.07 Å². The van der Waals surface area contributed by atoms with E-state index in [-0.39, 0.29) is 6.04 Å². The number of alkyl halides is 3. The van der Waals surface area contributed by atoms with Gasteiger partial charge >= 0.3 is 6.18 Å². The normalized spacial score (nSPS) is 14.8. The van der Waals surface area contributed by atoms with Gasteiger partial charge in [-0.25, -0.2) is 4.39 Å². The van der Waals surface area contributed by atoms with Gasteiger partial charge in [0.25, 0.3) is 5.91 Å². The average molecular weight is 507 g/mol. The number of rotatable bonds is 4. The van der Waals surface area contributed by atoms with Crippen molar-refractivity contribution >= 4 is 23.3 Å². The molecule has 0 radical (unpaired) electrons. The molecule has 10 heteroatoms. The van der Waals surface area contributed by atoms with Crippen LogP contribution in [0.3, 0.4) is 0 Å². The van der Waals surface area contributed by atoms with Crippen LogP contribution < -0.4 is 10.2 Å². The van der Waals surface area contributed by atoms with Crippen molar-refractivity contribution in [2.75, 3.05) is 18.0 Å². The summed E-state index contributed by atoms with van der Waals surface area (Å²) in [6.07, 6.45) is -3.80. The molecule has 0 unspecified atom stereocenters. The third-order valence-electron chi connectivity index (χ3n) is 6.29. The Balaban J connectivity index is 1.45. The van der Waals surface area contributed by atoms with E-state index in [0.29, 0.717) is 42.7 Å². The first-order valence-electron chi connectivity index (χ1n) is 11.1. The van der Waals surface area contributed by atoms with Crippen LogP contribution in [0.1, 0.15) is 39.9 Å². The summed E-state index contributed by atoms with van der Waals surface area (Å²) in [5.74, 6) is -1.19. The van der Waals surface area contributed by atoms with Crippen LogP contribution in [0.15, 0.2) is 42.5 Å². The van der Waals surface area contributed by atoms with Gasteiger partial charge in [0.05, 0.1) is 21.8 Å². The topological polar surface area (TPSA) is 58.1 Å². The molecule has 1 aromatic heterocycles. The number of nitrogens with zero attached hydrogens (tertiary/aromatic N) is 3. The number of halogens is 5. The van der Waals surface area contributed by atoms with Crippen molar-refractivity contribution in [3.05, 3.63) is 75.6 Å². The summed E-state index contributed by atoms with van der Waals surface area (Å²) in [5.41, 5.74) is 1.54. The van der Waals surface area contributed by atoms with Gasteiger partial charge in [-0.05, 0) is 62.1 Å². The molecular formula is C25H23ClF4N4O. The van der Waals surface area contributed by atoms with Crippen LogP contribution in [-0.2, 0) is 6.18 Å². The van der Waals surface area contributed by atoms with Gasteiger partial charge in [0.15, 0.2) is 5.82 Å². The average Bonchev–Trinajstić information content (AvgIpc) is 2.81. The second-order valence-corrected chi connectivity index (χ2v) is 8.93. The van der Waals surface area contributed by atoms with E-state index in [9.17, 15) is 22.4 Å². The smallest absolute Gasteiger partial charge is 0.355 e. The molecule has 1 saturated heterocycles. The Morgan fingerprint density at radius 3 is 2.40 bits per heavy atom. The molecule has 3 aromatic rings. The van der Waals surface area contributed by atoms with Crippen LogP contribution in [0.25, 0.3) is 11.3 Å². The highest BCUT2D eigenvalue weighted by Crippen LogP contribution is 2.34. The Bertz CT molecular complexity index is 1260. The lowest BCUT2D eigenvalue weighted by molar-refractivity contribution is -0.138. The van der Waals surface area contributed by atoms with Gasteiger partial charge in [-0.15, -0.1) is 10.2 Å². The molecule has 5 nitrogen and oxygen atoms in total. The number of amides is 1. The van der Waals surface area contributed by atoms with Crippen molar-refractivity contribution in [2.45, 2.75) is 38.9 Å². The Morgan fingerprint density at radius 1 is 1.06 bits per heavy atom. The molecule has 4 rings (SSSR count). The highest BCUT2D eigenvalue weighted by atomic mass is 35.5. The fraction of sp³-hybridized carbons (Fsp3) is 0.320. The van der Waals surface area contributed by atoms with Crippen LogP contribution in [0.2, 0.25) is 5.02 Å². The fourth-order valence-corrected chi connectivity index (χ4v) is 4.48. The van der Waals surface area contributed by atoms with Crippen molar-refractivity contribution < 1.29 is 22.4 Å². The van der Waals surface area contributed by atoms with Crippen molar-refractivity contribution in [1.29, 1.82) is 0 Å². The summed E-state index contributed by atoms with van der Waals surface area (Å²) in [5, 5.41) is 12.1. The van der Waals surface area contributed by atoms with Crippen molar-refractivity contribution in [1.82, 2.24) is 15.5 Å². The second kappa shape index (κ2) is 9.81. The first-order chi connectivity index (χ1) is 16.6. The van der Waals surface area contributed by atoms with Crippen LogP contribution >= 0.6 is 11.6 Å². The number of hydrogen-bond donors (Lipinski definition) is 1. The molecule has 1 aliphatic rings. The van der Waals surface area contributed by atoms with Gasteiger partial charge in [-0.2, -0.15) is 13.2 Å². The molecule has 0 atom stereocenters. The molecule has 1 aliphatic heterocycles. The SMILES string of the molecule is Cc1c(-c2ccccc2Cl)nnc(N2CCC(NC(=O)c3ccc(F)cc3C(F)(F)F)CC2)c1C. The molecule has 0 bridgehead atoms. The van der Waals surface area contributed by atoms with E-state index in [1.807, 2.05) is 36.9 Å². The monoisotopic (exact) mass is 506 g/mol. The standard InChI is InChI=1S/C25H23ClF4N4O/c1-14-15(2)23(33-32-22(14)19-5-3-4-6-21(19)26)34-11-9-17(10-12-34)31-24(35)18-8-7-16(27)13-20(18)25(28,29)30/h3-8,13,17H,9-12H2,1-2H3,(H,31,35). The van der Waals surface area contributed by atoms with Crippen LogP contribution in [0.4, 0.5) is 23.4 Å². The minimum absolute atomic E-state index is 0.318. The molecule has 0 saturated carbocycles. The molecule has 184 valence electrons. The van der Waals surface area contributed by atoms with Gasteiger partial charge in [-0.3, -0.25) is 4.79 Å². The Morgan fingerprint density at radius 2 is 1.74 bits per heavy atom. The number of anilines is 1. The van der Waals surface area contributed by atoms with E-state index in [1.165, 1.54) is 0 Å². The number of aromatic nitrogens is 2. The van der Waals surface area contributed by atoms with Crippen LogP contribution in [0.5, 0.6) is 0 Å². The highest BCUT2D eigenvalue weighted by Gasteiger charge is 2.36. The van der Waals surface area contributed by atoms with Gasteiger partial charge in [0, 0.05) is 24.7 Å². The molecule has 1 fully saturated rings. The summed E-state index contributed by atoms with van der Waals surface area (Å²) >= 11 is 6.32. The van der Waals surface area contributed by atoms with Gasteiger partial charge in [0.1, 0.15) is 5.82 Å². The molecule has 1 N–H and O–H groups in total. The van der Waals surface area contributed by atoms with Crippen LogP contribution in [-0.4, -0.2) is 35.2 Å². The molecule has 0 aliphatic carbocycles. The molecule has 2 aromatic carbocycles. The number of hydrogen-bond acceptors (Lipinski definition) is 4. The number of piperidine rings is 1. The lowest BCUT2D eigenvalue weighted by Gasteiger charge is -2.34. The van der Waals surface area contributed by atoms with Gasteiger partial charge < -0.3 is 10.2 Å². The predicted molar refractivity (Wildman–Crippen MR) is 126 cm³/mol. The summed E-state index contributed by atoms with van der Waals surface area (Å²) < 4.78 is 53.1. The number of benzene rings is 2. The lowest BCUT2D eigenvalue weighted by Crippen LogP contribution is -2.45. The van der Waals surface area contributed by atoms with Gasteiger partial charge in [0.2, 0.25) is 0 Å². The minimum atomic E-state index is -4.83. The van der Waals surface area contributed by atoms with Crippen molar-refractivity contribution in [3.63, 3.8) is 0 Å². The van der Waals surface area contributed by atoms with Crippen LogP contribution in [0, 0.1) is 19.7 Å². The second-order valence-electron chi connectivity index (χ2n) is 8.52. The Kier molecular flexibility index (Phi) is 6.98. The largest absolute Gasteiger partial charge is 0.417 e. The van der Waals surface area contributed by atoms with Crippen molar-refractivity contribution in [2.24, 2.45) is 0 Å². The summed E-state index contributed by atoms with van der Waals surface area (Å²) in [7, 11) is 0. The molecule has 35 heavy (non-hydrogen) atoms. The summed E-state index contributed by atoms with van der Waals surface area (Å²) in [6.45, 7) is 5.00. The van der Waals surface area contributed by atoms with Crippen molar-refractivity contribution in [3.8, 4) is 11.3 Å². The fourth-order valence-electron chi connectivity index (χ4n) is 4.25. The molecule has 1 amide bonds. The van der Waals surface area contributed by atoms with E-state index < -0.39 is 29.0 Å². The molecular weight excluding hydrogens is 484 g/mol. The number of nitrogens with one attached hydrogen (secondary N) is 1. The Hall–Kier alpha value is -3.20. The maximum atomic E-state index is 13.4. The lowest BCUT2D eigenvalue weighted by atomic mass is 10.0. The summed E-state index contributed by atoms with van der Waals surface area (Å²) in [6, 6.07) is 9.15. The minimum Gasteiger partial charge on any atom is -0.355 e. The first-order valence-corrected chi connectivity index (χ1v) is 11.5. The predicted octanol–water partition coefficient (Wildman–Crippen LogP) is 5.97. The van der Waals surface area contributed by atoms with E-state index in [2.05, 4.69) is 15.5 Å². The third kappa shape index (κ3) is 5.24. The number of carbonyl (C=O) groups is 1. The molecule has 2 heterocycles. The zero-order chi connectivity index (χ0) is 25.3. The number of carbonyl (C=O) groups excluding carboxylic acids is 1.